The molecule has 8 heteroatoms. The number of carbonyl (C=O) groups is 1. The zero-order valence-corrected chi connectivity index (χ0v) is 24.3. The zero-order valence-electron chi connectivity index (χ0n) is 23.4. The van der Waals surface area contributed by atoms with Crippen LogP contribution in [-0.2, 0) is 4.74 Å². The van der Waals surface area contributed by atoms with E-state index in [0.717, 1.165) is 87.9 Å². The Morgan fingerprint density at radius 1 is 0.950 bits per heavy atom. The van der Waals surface area contributed by atoms with Gasteiger partial charge >= 0.3 is 6.09 Å². The first-order valence-corrected chi connectivity index (χ1v) is 15.5. The van der Waals surface area contributed by atoms with Crippen LogP contribution in [0.4, 0.5) is 16.3 Å². The van der Waals surface area contributed by atoms with Gasteiger partial charge in [-0.05, 0) is 73.7 Å². The summed E-state index contributed by atoms with van der Waals surface area (Å²) in [5, 5.41) is 7.30. The Hall–Kier alpha value is -3.36. The molecule has 0 bridgehead atoms. The number of fused-ring (bicyclic) bond motifs is 2. The molecule has 1 fully saturated rings. The van der Waals surface area contributed by atoms with Gasteiger partial charge in [-0.3, -0.25) is 10.2 Å². The molecule has 3 heterocycles. The standard InChI is InChI=1S/C32H40N4O3S/c1-2-3-4-6-22-39-32(37)34-31-14-12-25-11-13-26(24-28(25)33-31)38-21-7-5-16-35-17-19-36(20-18-35)29-9-8-10-30-27(29)15-23-40-30/h8-15,23-24H,2-7,16-22H2,1H3,(H,33,34,37). The maximum Gasteiger partial charge on any atom is 0.412 e. The molecule has 0 aliphatic carbocycles. The van der Waals surface area contributed by atoms with Crippen molar-refractivity contribution in [3.05, 3.63) is 60.0 Å². The van der Waals surface area contributed by atoms with Gasteiger partial charge in [0.15, 0.2) is 0 Å². The van der Waals surface area contributed by atoms with Crippen LogP contribution >= 0.6 is 11.3 Å². The summed E-state index contributed by atoms with van der Waals surface area (Å²) < 4.78 is 12.7. The lowest BCUT2D eigenvalue weighted by atomic mass is 10.2. The fourth-order valence-electron chi connectivity index (χ4n) is 5.18. The smallest absolute Gasteiger partial charge is 0.412 e. The van der Waals surface area contributed by atoms with Crippen molar-refractivity contribution in [3.63, 3.8) is 0 Å². The van der Waals surface area contributed by atoms with E-state index >= 15 is 0 Å². The maximum absolute atomic E-state index is 12.1. The van der Waals surface area contributed by atoms with Crippen LogP contribution in [0.15, 0.2) is 60.0 Å². The summed E-state index contributed by atoms with van der Waals surface area (Å²) in [5.74, 6) is 1.28. The number of thiophene rings is 1. The molecule has 1 aliphatic heterocycles. The molecule has 1 N–H and O–H groups in total. The van der Waals surface area contributed by atoms with Crippen molar-refractivity contribution in [3.8, 4) is 5.75 Å². The van der Waals surface area contributed by atoms with Crippen LogP contribution in [0.25, 0.3) is 21.0 Å². The Morgan fingerprint density at radius 3 is 2.67 bits per heavy atom. The highest BCUT2D eigenvalue weighted by molar-refractivity contribution is 7.17. The minimum absolute atomic E-state index is 0.431. The van der Waals surface area contributed by atoms with Gasteiger partial charge in [0.1, 0.15) is 11.6 Å². The Bertz CT molecular complexity index is 1380. The molecular formula is C32H40N4O3S. The second-order valence-electron chi connectivity index (χ2n) is 10.4. The molecule has 1 aliphatic rings. The van der Waals surface area contributed by atoms with Gasteiger partial charge in [0.25, 0.3) is 0 Å². The largest absolute Gasteiger partial charge is 0.494 e. The number of amides is 1. The molecule has 7 nitrogen and oxygen atoms in total. The fourth-order valence-corrected chi connectivity index (χ4v) is 5.99. The lowest BCUT2D eigenvalue weighted by Gasteiger charge is -2.36. The summed E-state index contributed by atoms with van der Waals surface area (Å²) in [7, 11) is 0. The van der Waals surface area contributed by atoms with Crippen LogP contribution in [-0.4, -0.2) is 61.9 Å². The van der Waals surface area contributed by atoms with Crippen molar-refractivity contribution >= 4 is 49.9 Å². The van der Waals surface area contributed by atoms with Crippen molar-refractivity contribution in [2.24, 2.45) is 0 Å². The van der Waals surface area contributed by atoms with E-state index in [-0.39, 0.29) is 0 Å². The molecule has 0 radical (unpaired) electrons. The second kappa shape index (κ2) is 14.3. The molecule has 0 saturated carbocycles. The summed E-state index contributed by atoms with van der Waals surface area (Å²) >= 11 is 1.81. The average Bonchev–Trinajstić information content (AvgIpc) is 3.46. The van der Waals surface area contributed by atoms with Gasteiger partial charge in [-0.2, -0.15) is 0 Å². The fraction of sp³-hybridized carbons (Fsp3) is 0.438. The quantitative estimate of drug-likeness (QED) is 0.170. The number of rotatable bonds is 13. The van der Waals surface area contributed by atoms with Crippen molar-refractivity contribution < 1.29 is 14.3 Å². The van der Waals surface area contributed by atoms with Gasteiger partial charge in [0.05, 0.1) is 18.7 Å². The molecule has 4 aromatic rings. The highest BCUT2D eigenvalue weighted by atomic mass is 32.1. The molecular weight excluding hydrogens is 520 g/mol. The van der Waals surface area contributed by atoms with Crippen LogP contribution in [0.2, 0.25) is 0 Å². The van der Waals surface area contributed by atoms with Crippen molar-refractivity contribution in [2.75, 3.05) is 56.2 Å². The molecule has 0 atom stereocenters. The van der Waals surface area contributed by atoms with Crippen LogP contribution in [0.1, 0.15) is 45.4 Å². The van der Waals surface area contributed by atoms with Crippen LogP contribution in [0, 0.1) is 0 Å². The predicted octanol–water partition coefficient (Wildman–Crippen LogP) is 7.56. The summed E-state index contributed by atoms with van der Waals surface area (Å²) in [6.07, 6.45) is 5.93. The number of hydrogen-bond donors (Lipinski definition) is 1. The Balaban J connectivity index is 1.01. The first-order chi connectivity index (χ1) is 19.7. The van der Waals surface area contributed by atoms with E-state index in [0.29, 0.717) is 19.0 Å². The van der Waals surface area contributed by atoms with Gasteiger partial charge in [-0.25, -0.2) is 9.78 Å². The number of unbranched alkanes of at least 4 members (excludes halogenated alkanes) is 4. The third-order valence-electron chi connectivity index (χ3n) is 7.45. The van der Waals surface area contributed by atoms with Crippen molar-refractivity contribution in [1.29, 1.82) is 0 Å². The van der Waals surface area contributed by atoms with Gasteiger partial charge in [-0.1, -0.05) is 32.3 Å². The number of benzene rings is 2. The third-order valence-corrected chi connectivity index (χ3v) is 8.33. The lowest BCUT2D eigenvalue weighted by Crippen LogP contribution is -2.46. The normalized spacial score (nSPS) is 14.1. The van der Waals surface area contributed by atoms with E-state index in [2.05, 4.69) is 56.7 Å². The summed E-state index contributed by atoms with van der Waals surface area (Å²) in [5.41, 5.74) is 2.16. The number of pyridine rings is 1. The van der Waals surface area contributed by atoms with Gasteiger partial charge in [0, 0.05) is 53.4 Å². The highest BCUT2D eigenvalue weighted by Gasteiger charge is 2.18. The minimum Gasteiger partial charge on any atom is -0.494 e. The molecule has 0 unspecified atom stereocenters. The van der Waals surface area contributed by atoms with Crippen molar-refractivity contribution in [1.82, 2.24) is 9.88 Å². The maximum atomic E-state index is 12.1. The first-order valence-electron chi connectivity index (χ1n) is 14.6. The van der Waals surface area contributed by atoms with Crippen molar-refractivity contribution in [2.45, 2.75) is 45.4 Å². The van der Waals surface area contributed by atoms with E-state index < -0.39 is 6.09 Å². The van der Waals surface area contributed by atoms with E-state index in [1.807, 2.05) is 35.6 Å². The number of hydrogen-bond acceptors (Lipinski definition) is 7. The molecule has 2 aromatic heterocycles. The van der Waals surface area contributed by atoms with E-state index in [1.165, 1.54) is 15.8 Å². The number of nitrogens with one attached hydrogen (secondary N) is 1. The number of nitrogens with zero attached hydrogens (tertiary/aromatic N) is 3. The Labute approximate surface area is 241 Å². The van der Waals surface area contributed by atoms with Gasteiger partial charge in [-0.15, -0.1) is 11.3 Å². The number of carbonyl (C=O) groups excluding carboxylic acids is 1. The number of piperazine rings is 1. The predicted molar refractivity (Wildman–Crippen MR) is 166 cm³/mol. The summed E-state index contributed by atoms with van der Waals surface area (Å²) in [4.78, 5) is 21.8. The number of aromatic nitrogens is 1. The lowest BCUT2D eigenvalue weighted by molar-refractivity contribution is 0.159. The monoisotopic (exact) mass is 560 g/mol. The van der Waals surface area contributed by atoms with Crippen LogP contribution < -0.4 is 15.0 Å². The summed E-state index contributed by atoms with van der Waals surface area (Å²) in [6, 6.07) is 18.5. The third kappa shape index (κ3) is 7.64. The topological polar surface area (TPSA) is 66.9 Å². The van der Waals surface area contributed by atoms with E-state index in [4.69, 9.17) is 9.47 Å². The number of anilines is 2. The molecule has 2 aromatic carbocycles. The van der Waals surface area contributed by atoms with Crippen LogP contribution in [0.3, 0.4) is 0 Å². The van der Waals surface area contributed by atoms with E-state index in [1.54, 1.807) is 6.07 Å². The molecule has 212 valence electrons. The van der Waals surface area contributed by atoms with Crippen LogP contribution in [0.5, 0.6) is 5.75 Å². The summed E-state index contributed by atoms with van der Waals surface area (Å²) in [6.45, 7) is 8.71. The molecule has 1 saturated heterocycles. The first kappa shape index (κ1) is 28.2. The Morgan fingerprint density at radius 2 is 1.80 bits per heavy atom. The molecule has 1 amide bonds. The van der Waals surface area contributed by atoms with E-state index in [9.17, 15) is 4.79 Å². The highest BCUT2D eigenvalue weighted by Crippen LogP contribution is 2.31. The Kier molecular flexibility index (Phi) is 10.1. The molecule has 0 spiro atoms. The van der Waals surface area contributed by atoms with Gasteiger partial charge in [0.2, 0.25) is 0 Å². The zero-order chi connectivity index (χ0) is 27.6. The minimum atomic E-state index is -0.461. The second-order valence-corrected chi connectivity index (χ2v) is 11.3. The molecule has 5 rings (SSSR count). The SMILES string of the molecule is CCCCCCOC(=O)Nc1ccc2ccc(OCCCCN3CCN(c4cccc5sccc45)CC3)cc2n1. The number of ether oxygens (including phenoxy) is 2. The van der Waals surface area contributed by atoms with Gasteiger partial charge < -0.3 is 14.4 Å². The molecule has 40 heavy (non-hydrogen) atoms. The average molecular weight is 561 g/mol.